The molecule has 1 N–H and O–H groups in total. The van der Waals surface area contributed by atoms with Crippen molar-refractivity contribution >= 4 is 0 Å². The van der Waals surface area contributed by atoms with Gasteiger partial charge in [0.1, 0.15) is 0 Å². The summed E-state index contributed by atoms with van der Waals surface area (Å²) in [6.07, 6.45) is 7.04. The van der Waals surface area contributed by atoms with Crippen LogP contribution in [0.5, 0.6) is 0 Å². The molecular weight excluding hydrogens is 234 g/mol. The minimum absolute atomic E-state index is 0.222. The Hall–Kier alpha value is -0.760. The van der Waals surface area contributed by atoms with Gasteiger partial charge in [-0.25, -0.2) is 0 Å². The average molecular weight is 261 g/mol. The van der Waals surface area contributed by atoms with E-state index in [0.29, 0.717) is 6.04 Å². The SMILES string of the molecule is Cc1cc2c(n1C1CCCC(C)C1C)CCCC2O. The zero-order chi connectivity index (χ0) is 13.6. The molecule has 0 spiro atoms. The highest BCUT2D eigenvalue weighted by Crippen LogP contribution is 2.42. The molecule has 2 aliphatic carbocycles. The Labute approximate surface area is 116 Å². The molecule has 2 nitrogen and oxygen atoms in total. The molecule has 4 atom stereocenters. The molecule has 19 heavy (non-hydrogen) atoms. The van der Waals surface area contributed by atoms with Gasteiger partial charge in [-0.2, -0.15) is 0 Å². The van der Waals surface area contributed by atoms with Crippen LogP contribution in [-0.2, 0) is 6.42 Å². The first-order chi connectivity index (χ1) is 9.09. The fourth-order valence-corrected chi connectivity index (χ4v) is 4.28. The summed E-state index contributed by atoms with van der Waals surface area (Å²) in [5.41, 5.74) is 4.01. The molecule has 4 unspecified atom stereocenters. The third-order valence-electron chi connectivity index (χ3n) is 5.61. The van der Waals surface area contributed by atoms with E-state index in [9.17, 15) is 5.11 Å². The maximum Gasteiger partial charge on any atom is 0.0807 e. The molecule has 0 radical (unpaired) electrons. The van der Waals surface area contributed by atoms with Crippen molar-refractivity contribution in [3.63, 3.8) is 0 Å². The van der Waals surface area contributed by atoms with Crippen molar-refractivity contribution in [1.82, 2.24) is 4.57 Å². The van der Waals surface area contributed by atoms with Crippen molar-refractivity contribution in [2.45, 2.75) is 71.4 Å². The van der Waals surface area contributed by atoms with Crippen LogP contribution in [0.25, 0.3) is 0 Å². The molecule has 0 amide bonds. The Morgan fingerprint density at radius 1 is 1.16 bits per heavy atom. The number of aliphatic hydroxyl groups excluding tert-OH is 1. The van der Waals surface area contributed by atoms with Gasteiger partial charge in [0.05, 0.1) is 6.10 Å². The predicted octanol–water partition coefficient (Wildman–Crippen LogP) is 4.16. The number of aromatic nitrogens is 1. The lowest BCUT2D eigenvalue weighted by atomic mass is 9.77. The molecule has 3 rings (SSSR count). The molecule has 0 bridgehead atoms. The van der Waals surface area contributed by atoms with E-state index in [1.807, 2.05) is 0 Å². The van der Waals surface area contributed by atoms with E-state index in [2.05, 4.69) is 31.4 Å². The number of aryl methyl sites for hydroxylation is 1. The van der Waals surface area contributed by atoms with Crippen LogP contribution in [0, 0.1) is 18.8 Å². The Balaban J connectivity index is 2.00. The van der Waals surface area contributed by atoms with Gasteiger partial charge in [-0.1, -0.05) is 26.7 Å². The van der Waals surface area contributed by atoms with E-state index in [4.69, 9.17) is 0 Å². The van der Waals surface area contributed by atoms with Gasteiger partial charge in [-0.15, -0.1) is 0 Å². The third-order valence-corrected chi connectivity index (χ3v) is 5.61. The van der Waals surface area contributed by atoms with Crippen molar-refractivity contribution in [3.8, 4) is 0 Å². The van der Waals surface area contributed by atoms with Crippen LogP contribution in [0.2, 0.25) is 0 Å². The Morgan fingerprint density at radius 2 is 1.95 bits per heavy atom. The highest BCUT2D eigenvalue weighted by molar-refractivity contribution is 5.32. The number of nitrogens with zero attached hydrogens (tertiary/aromatic N) is 1. The van der Waals surface area contributed by atoms with Crippen molar-refractivity contribution in [3.05, 3.63) is 23.0 Å². The van der Waals surface area contributed by atoms with Crippen molar-refractivity contribution < 1.29 is 5.11 Å². The molecule has 106 valence electrons. The molecule has 2 heteroatoms. The maximum absolute atomic E-state index is 10.2. The second-order valence-electron chi connectivity index (χ2n) is 6.80. The molecule has 1 heterocycles. The molecule has 1 aromatic rings. The number of hydrogen-bond acceptors (Lipinski definition) is 1. The van der Waals surface area contributed by atoms with Gasteiger partial charge in [-0.3, -0.25) is 0 Å². The number of fused-ring (bicyclic) bond motifs is 1. The largest absolute Gasteiger partial charge is 0.388 e. The van der Waals surface area contributed by atoms with Gasteiger partial charge in [0.25, 0.3) is 0 Å². The maximum atomic E-state index is 10.2. The predicted molar refractivity (Wildman–Crippen MR) is 78.3 cm³/mol. The second-order valence-corrected chi connectivity index (χ2v) is 6.80. The molecule has 1 saturated carbocycles. The minimum Gasteiger partial charge on any atom is -0.388 e. The highest BCUT2D eigenvalue weighted by atomic mass is 16.3. The van der Waals surface area contributed by atoms with Gasteiger partial charge in [0, 0.05) is 23.0 Å². The first kappa shape index (κ1) is 13.2. The average Bonchev–Trinajstić information content (AvgIpc) is 2.71. The van der Waals surface area contributed by atoms with Gasteiger partial charge in [-0.05, 0) is 50.5 Å². The van der Waals surface area contributed by atoms with Crippen LogP contribution in [0.4, 0.5) is 0 Å². The molecule has 0 saturated heterocycles. The zero-order valence-corrected chi connectivity index (χ0v) is 12.5. The van der Waals surface area contributed by atoms with Crippen molar-refractivity contribution in [1.29, 1.82) is 0 Å². The number of hydrogen-bond donors (Lipinski definition) is 1. The van der Waals surface area contributed by atoms with Gasteiger partial charge in [0.15, 0.2) is 0 Å². The summed E-state index contributed by atoms with van der Waals surface area (Å²) in [6.45, 7) is 7.04. The summed E-state index contributed by atoms with van der Waals surface area (Å²) < 4.78 is 2.58. The summed E-state index contributed by atoms with van der Waals surface area (Å²) >= 11 is 0. The quantitative estimate of drug-likeness (QED) is 0.806. The highest BCUT2D eigenvalue weighted by Gasteiger charge is 2.32. The lowest BCUT2D eigenvalue weighted by molar-refractivity contribution is 0.150. The topological polar surface area (TPSA) is 25.2 Å². The summed E-state index contributed by atoms with van der Waals surface area (Å²) in [5.74, 6) is 1.58. The van der Waals surface area contributed by atoms with Crippen LogP contribution in [-0.4, -0.2) is 9.67 Å². The zero-order valence-electron chi connectivity index (χ0n) is 12.5. The van der Waals surface area contributed by atoms with E-state index >= 15 is 0 Å². The summed E-state index contributed by atoms with van der Waals surface area (Å²) in [6, 6.07) is 2.89. The normalized spacial score (nSPS) is 35.2. The van der Waals surface area contributed by atoms with Gasteiger partial charge < -0.3 is 9.67 Å². The first-order valence-electron chi connectivity index (χ1n) is 7.98. The van der Waals surface area contributed by atoms with Gasteiger partial charge in [0.2, 0.25) is 0 Å². The van der Waals surface area contributed by atoms with Crippen LogP contribution < -0.4 is 0 Å². The molecule has 1 fully saturated rings. The fourth-order valence-electron chi connectivity index (χ4n) is 4.28. The number of aliphatic hydroxyl groups is 1. The number of rotatable bonds is 1. The van der Waals surface area contributed by atoms with E-state index < -0.39 is 0 Å². The Morgan fingerprint density at radius 3 is 2.74 bits per heavy atom. The molecule has 0 aromatic carbocycles. The summed E-state index contributed by atoms with van der Waals surface area (Å²) in [5, 5.41) is 10.2. The van der Waals surface area contributed by atoms with E-state index in [-0.39, 0.29) is 6.10 Å². The fraction of sp³-hybridized carbons (Fsp3) is 0.765. The van der Waals surface area contributed by atoms with Crippen molar-refractivity contribution in [2.24, 2.45) is 11.8 Å². The van der Waals surface area contributed by atoms with Crippen LogP contribution >= 0.6 is 0 Å². The molecule has 0 aliphatic heterocycles. The van der Waals surface area contributed by atoms with E-state index in [1.54, 1.807) is 0 Å². The standard InChI is InChI=1S/C17H27NO/c1-11-6-4-7-15(13(11)3)18-12(2)10-14-16(18)8-5-9-17(14)19/h10-11,13,15,17,19H,4-9H2,1-3H3. The van der Waals surface area contributed by atoms with Crippen LogP contribution in [0.3, 0.4) is 0 Å². The van der Waals surface area contributed by atoms with Crippen molar-refractivity contribution in [2.75, 3.05) is 0 Å². The minimum atomic E-state index is -0.222. The Bertz CT molecular complexity index is 462. The van der Waals surface area contributed by atoms with Crippen LogP contribution in [0.15, 0.2) is 6.07 Å². The first-order valence-corrected chi connectivity index (χ1v) is 7.98. The third kappa shape index (κ3) is 2.14. The van der Waals surface area contributed by atoms with E-state index in [0.717, 1.165) is 31.1 Å². The molecule has 2 aliphatic rings. The monoisotopic (exact) mass is 261 g/mol. The van der Waals surface area contributed by atoms with E-state index in [1.165, 1.54) is 36.2 Å². The molecular formula is C17H27NO. The Kier molecular flexibility index (Phi) is 3.46. The lowest BCUT2D eigenvalue weighted by Crippen LogP contribution is -2.29. The summed E-state index contributed by atoms with van der Waals surface area (Å²) in [4.78, 5) is 0. The molecule has 1 aromatic heterocycles. The summed E-state index contributed by atoms with van der Waals surface area (Å²) in [7, 11) is 0. The smallest absolute Gasteiger partial charge is 0.0807 e. The second kappa shape index (κ2) is 4.97. The van der Waals surface area contributed by atoms with Crippen LogP contribution in [0.1, 0.15) is 75.0 Å². The lowest BCUT2D eigenvalue weighted by Gasteiger charge is -2.37. The van der Waals surface area contributed by atoms with Gasteiger partial charge >= 0.3 is 0 Å².